The molecule has 2 rings (SSSR count). The van der Waals surface area contributed by atoms with E-state index in [2.05, 4.69) is 16.0 Å². The summed E-state index contributed by atoms with van der Waals surface area (Å²) in [6.07, 6.45) is 0. The van der Waals surface area contributed by atoms with Crippen molar-refractivity contribution in [1.29, 1.82) is 0 Å². The highest BCUT2D eigenvalue weighted by Crippen LogP contribution is 2.11. The second-order valence-electron chi connectivity index (χ2n) is 6.57. The zero-order valence-electron chi connectivity index (χ0n) is 16.4. The Kier molecular flexibility index (Phi) is 7.71. The van der Waals surface area contributed by atoms with Gasteiger partial charge in [-0.2, -0.15) is 0 Å². The first-order valence-corrected chi connectivity index (χ1v) is 9.10. The number of carbonyl (C=O) groups is 3. The molecule has 0 aliphatic rings. The van der Waals surface area contributed by atoms with Crippen molar-refractivity contribution in [2.24, 2.45) is 0 Å². The van der Waals surface area contributed by atoms with Crippen molar-refractivity contribution in [3.8, 4) is 0 Å². The zero-order chi connectivity index (χ0) is 20.5. The number of likely N-dealkylation sites (N-methyl/N-ethyl adjacent to an activating group) is 1. The maximum Gasteiger partial charge on any atom is 0.251 e. The highest BCUT2D eigenvalue weighted by atomic mass is 16.2. The SMILES string of the molecule is CCNC(=O)c1cccc(NC(=O)CN(C)CC(=O)Nc2ccc(C)cc2)c1. The lowest BCUT2D eigenvalue weighted by Gasteiger charge is -2.16. The minimum atomic E-state index is -0.265. The van der Waals surface area contributed by atoms with Crippen molar-refractivity contribution in [3.05, 3.63) is 59.7 Å². The van der Waals surface area contributed by atoms with E-state index in [9.17, 15) is 14.4 Å². The molecule has 0 aliphatic carbocycles. The van der Waals surface area contributed by atoms with Gasteiger partial charge in [-0.3, -0.25) is 19.3 Å². The molecule has 28 heavy (non-hydrogen) atoms. The van der Waals surface area contributed by atoms with E-state index in [4.69, 9.17) is 0 Å². The molecule has 148 valence electrons. The zero-order valence-corrected chi connectivity index (χ0v) is 16.4. The summed E-state index contributed by atoms with van der Waals surface area (Å²) in [4.78, 5) is 37.8. The van der Waals surface area contributed by atoms with Crippen LogP contribution in [0.2, 0.25) is 0 Å². The summed E-state index contributed by atoms with van der Waals surface area (Å²) in [5, 5.41) is 8.26. The second kappa shape index (κ2) is 10.2. The molecule has 7 nitrogen and oxygen atoms in total. The fourth-order valence-corrected chi connectivity index (χ4v) is 2.58. The van der Waals surface area contributed by atoms with Gasteiger partial charge in [0.2, 0.25) is 11.8 Å². The smallest absolute Gasteiger partial charge is 0.251 e. The van der Waals surface area contributed by atoms with E-state index in [1.807, 2.05) is 38.1 Å². The second-order valence-corrected chi connectivity index (χ2v) is 6.57. The van der Waals surface area contributed by atoms with Gasteiger partial charge in [-0.05, 0) is 51.2 Å². The number of benzene rings is 2. The molecule has 3 amide bonds. The first-order chi connectivity index (χ1) is 13.4. The van der Waals surface area contributed by atoms with Crippen LogP contribution >= 0.6 is 0 Å². The van der Waals surface area contributed by atoms with Gasteiger partial charge in [0.1, 0.15) is 0 Å². The van der Waals surface area contributed by atoms with Gasteiger partial charge in [-0.1, -0.05) is 23.8 Å². The van der Waals surface area contributed by atoms with Crippen molar-refractivity contribution >= 4 is 29.1 Å². The quantitative estimate of drug-likeness (QED) is 0.653. The van der Waals surface area contributed by atoms with Crippen LogP contribution in [0, 0.1) is 6.92 Å². The van der Waals surface area contributed by atoms with E-state index in [1.54, 1.807) is 36.2 Å². The van der Waals surface area contributed by atoms with E-state index in [0.29, 0.717) is 17.8 Å². The molecule has 3 N–H and O–H groups in total. The Morgan fingerprint density at radius 2 is 1.50 bits per heavy atom. The van der Waals surface area contributed by atoms with Gasteiger partial charge in [0.15, 0.2) is 0 Å². The lowest BCUT2D eigenvalue weighted by Crippen LogP contribution is -2.36. The predicted molar refractivity (Wildman–Crippen MR) is 110 cm³/mol. The largest absolute Gasteiger partial charge is 0.352 e. The third-order valence-electron chi connectivity index (χ3n) is 3.91. The van der Waals surface area contributed by atoms with Crippen LogP contribution in [-0.2, 0) is 9.59 Å². The summed E-state index contributed by atoms with van der Waals surface area (Å²) in [5.74, 6) is -0.653. The fourth-order valence-electron chi connectivity index (χ4n) is 2.58. The number of nitrogens with one attached hydrogen (secondary N) is 3. The average Bonchev–Trinajstić information content (AvgIpc) is 2.63. The number of carbonyl (C=O) groups excluding carboxylic acids is 3. The molecule has 0 radical (unpaired) electrons. The maximum atomic E-state index is 12.2. The Morgan fingerprint density at radius 3 is 2.11 bits per heavy atom. The van der Waals surface area contributed by atoms with Gasteiger partial charge in [0.05, 0.1) is 13.1 Å². The Labute approximate surface area is 165 Å². The van der Waals surface area contributed by atoms with Crippen LogP contribution < -0.4 is 16.0 Å². The minimum Gasteiger partial charge on any atom is -0.352 e. The van der Waals surface area contributed by atoms with Crippen LogP contribution in [0.15, 0.2) is 48.5 Å². The van der Waals surface area contributed by atoms with Crippen molar-refractivity contribution in [3.63, 3.8) is 0 Å². The summed E-state index contributed by atoms with van der Waals surface area (Å²) in [5.41, 5.74) is 2.84. The van der Waals surface area contributed by atoms with Gasteiger partial charge in [-0.15, -0.1) is 0 Å². The monoisotopic (exact) mass is 382 g/mol. The van der Waals surface area contributed by atoms with Crippen LogP contribution in [0.4, 0.5) is 11.4 Å². The Bertz CT molecular complexity index is 834. The highest BCUT2D eigenvalue weighted by molar-refractivity contribution is 5.98. The number of nitrogens with zero attached hydrogens (tertiary/aromatic N) is 1. The molecule has 7 heteroatoms. The summed E-state index contributed by atoms with van der Waals surface area (Å²) >= 11 is 0. The topological polar surface area (TPSA) is 90.5 Å². The Balaban J connectivity index is 1.83. The van der Waals surface area contributed by atoms with Crippen LogP contribution in [0.5, 0.6) is 0 Å². The minimum absolute atomic E-state index is 0.0483. The molecule has 2 aromatic rings. The molecule has 0 saturated heterocycles. The third kappa shape index (κ3) is 6.85. The molecular formula is C21H26N4O3. The van der Waals surface area contributed by atoms with Crippen LogP contribution in [0.3, 0.4) is 0 Å². The van der Waals surface area contributed by atoms with E-state index in [1.165, 1.54) is 0 Å². The van der Waals surface area contributed by atoms with E-state index in [-0.39, 0.29) is 30.8 Å². The Morgan fingerprint density at radius 1 is 0.893 bits per heavy atom. The fraction of sp³-hybridized carbons (Fsp3) is 0.286. The van der Waals surface area contributed by atoms with E-state index < -0.39 is 0 Å². The highest BCUT2D eigenvalue weighted by Gasteiger charge is 2.12. The summed E-state index contributed by atoms with van der Waals surface area (Å²) in [7, 11) is 1.69. The van der Waals surface area contributed by atoms with Crippen molar-refractivity contribution < 1.29 is 14.4 Å². The van der Waals surface area contributed by atoms with Gasteiger partial charge in [0.25, 0.3) is 5.91 Å². The first kappa shape index (κ1) is 21.1. The summed E-state index contributed by atoms with van der Waals surface area (Å²) in [6, 6.07) is 14.2. The van der Waals surface area contributed by atoms with Crippen molar-refractivity contribution in [2.75, 3.05) is 37.3 Å². The standard InChI is InChI=1S/C21H26N4O3/c1-4-22-21(28)16-6-5-7-18(12-16)24-20(27)14-25(3)13-19(26)23-17-10-8-15(2)9-11-17/h5-12H,4,13-14H2,1-3H3,(H,22,28)(H,23,26)(H,24,27). The molecule has 2 aromatic carbocycles. The van der Waals surface area contributed by atoms with Crippen molar-refractivity contribution in [2.45, 2.75) is 13.8 Å². The van der Waals surface area contributed by atoms with Crippen LogP contribution in [-0.4, -0.2) is 49.3 Å². The number of rotatable bonds is 8. The molecule has 0 aromatic heterocycles. The van der Waals surface area contributed by atoms with Crippen LogP contribution in [0.1, 0.15) is 22.8 Å². The molecule has 0 heterocycles. The molecule has 0 spiro atoms. The van der Waals surface area contributed by atoms with E-state index >= 15 is 0 Å². The normalized spacial score (nSPS) is 10.4. The molecular weight excluding hydrogens is 356 g/mol. The van der Waals surface area contributed by atoms with Gasteiger partial charge < -0.3 is 16.0 Å². The number of hydrogen-bond acceptors (Lipinski definition) is 4. The van der Waals surface area contributed by atoms with Crippen LogP contribution in [0.25, 0.3) is 0 Å². The lowest BCUT2D eigenvalue weighted by atomic mass is 10.2. The number of anilines is 2. The Hall–Kier alpha value is -3.19. The van der Waals surface area contributed by atoms with Gasteiger partial charge in [0, 0.05) is 23.5 Å². The first-order valence-electron chi connectivity index (χ1n) is 9.10. The third-order valence-corrected chi connectivity index (χ3v) is 3.91. The average molecular weight is 382 g/mol. The number of hydrogen-bond donors (Lipinski definition) is 3. The molecule has 0 aliphatic heterocycles. The van der Waals surface area contributed by atoms with Gasteiger partial charge in [-0.25, -0.2) is 0 Å². The van der Waals surface area contributed by atoms with E-state index in [0.717, 1.165) is 11.3 Å². The number of amides is 3. The summed E-state index contributed by atoms with van der Waals surface area (Å²) < 4.78 is 0. The molecule has 0 saturated carbocycles. The molecule has 0 atom stereocenters. The molecule has 0 unspecified atom stereocenters. The van der Waals surface area contributed by atoms with Crippen molar-refractivity contribution in [1.82, 2.24) is 10.2 Å². The summed E-state index contributed by atoms with van der Waals surface area (Å²) in [6.45, 7) is 4.48. The number of aryl methyl sites for hydroxylation is 1. The van der Waals surface area contributed by atoms with Gasteiger partial charge >= 0.3 is 0 Å². The maximum absolute atomic E-state index is 12.2. The lowest BCUT2D eigenvalue weighted by molar-refractivity contribution is -0.119. The molecule has 0 bridgehead atoms. The predicted octanol–water partition coefficient (Wildman–Crippen LogP) is 2.25. The molecule has 0 fully saturated rings.